The van der Waals surface area contributed by atoms with Gasteiger partial charge in [-0.05, 0) is 43.2 Å². The maximum absolute atomic E-state index is 13.1. The smallest absolute Gasteiger partial charge is 0.162 e. The molecule has 0 heterocycles. The Labute approximate surface area is 156 Å². The van der Waals surface area contributed by atoms with Crippen LogP contribution in [0.15, 0.2) is 39.6 Å². The number of thioether (sulfide) groups is 1. The van der Waals surface area contributed by atoms with Crippen molar-refractivity contribution >= 4 is 34.9 Å². The highest BCUT2D eigenvalue weighted by atomic mass is 35.5. The van der Waals surface area contributed by atoms with E-state index in [1.165, 1.54) is 13.2 Å². The van der Waals surface area contributed by atoms with Crippen LogP contribution in [0.3, 0.4) is 0 Å². The predicted octanol–water partition coefficient (Wildman–Crippen LogP) is 5.16. The van der Waals surface area contributed by atoms with Crippen molar-refractivity contribution in [2.24, 2.45) is 11.1 Å². The van der Waals surface area contributed by atoms with Crippen LogP contribution in [0.5, 0.6) is 0 Å². The van der Waals surface area contributed by atoms with Gasteiger partial charge in [0.15, 0.2) is 5.78 Å². The lowest BCUT2D eigenvalue weighted by Gasteiger charge is -2.23. The van der Waals surface area contributed by atoms with Gasteiger partial charge in [-0.3, -0.25) is 4.79 Å². The molecule has 136 valence electrons. The first-order valence-electron chi connectivity index (χ1n) is 7.99. The number of ketones is 1. The van der Waals surface area contributed by atoms with Gasteiger partial charge >= 0.3 is 0 Å². The van der Waals surface area contributed by atoms with Gasteiger partial charge in [-0.15, -0.1) is 11.8 Å². The average Bonchev–Trinajstić information content (AvgIpc) is 2.54. The van der Waals surface area contributed by atoms with Gasteiger partial charge in [-0.2, -0.15) is 0 Å². The highest BCUT2D eigenvalue weighted by Crippen LogP contribution is 2.32. The molecule has 4 nitrogen and oxygen atoms in total. The van der Waals surface area contributed by atoms with Crippen molar-refractivity contribution in [2.75, 3.05) is 12.9 Å². The van der Waals surface area contributed by atoms with Crippen molar-refractivity contribution in [1.29, 1.82) is 0 Å². The zero-order valence-electron chi connectivity index (χ0n) is 14.2. The number of allylic oxidation sites excluding steroid dienone is 2. The number of rotatable bonds is 7. The van der Waals surface area contributed by atoms with Crippen LogP contribution in [0.2, 0.25) is 5.02 Å². The molecule has 1 aromatic carbocycles. The lowest BCUT2D eigenvalue weighted by molar-refractivity contribution is -0.117. The van der Waals surface area contributed by atoms with E-state index >= 15 is 0 Å². The van der Waals surface area contributed by atoms with E-state index in [9.17, 15) is 14.3 Å². The first-order chi connectivity index (χ1) is 11.9. The van der Waals surface area contributed by atoms with Crippen LogP contribution in [-0.4, -0.2) is 29.5 Å². The van der Waals surface area contributed by atoms with Crippen LogP contribution >= 0.6 is 23.4 Å². The van der Waals surface area contributed by atoms with E-state index < -0.39 is 5.82 Å². The summed E-state index contributed by atoms with van der Waals surface area (Å²) < 4.78 is 13.1. The average molecular weight is 386 g/mol. The summed E-state index contributed by atoms with van der Waals surface area (Å²) in [6.07, 6.45) is 2.01. The van der Waals surface area contributed by atoms with Crippen LogP contribution in [0.4, 0.5) is 4.39 Å². The highest BCUT2D eigenvalue weighted by Gasteiger charge is 2.27. The standard InChI is InChI=1S/C18H21ClFNO3S/c1-11(21-24-2)7-14-17(22)8-12(9-18(14)23)5-6-25-13-3-4-16(20)15(19)10-13/h3-4,10,12,22H,5-9H2,1-2H3. The van der Waals surface area contributed by atoms with Gasteiger partial charge in [-0.1, -0.05) is 16.8 Å². The van der Waals surface area contributed by atoms with Gasteiger partial charge in [-0.25, -0.2) is 4.39 Å². The van der Waals surface area contributed by atoms with Gasteiger partial charge in [0.1, 0.15) is 12.9 Å². The largest absolute Gasteiger partial charge is 0.512 e. The number of hydrogen-bond donors (Lipinski definition) is 1. The SMILES string of the molecule is CON=C(C)CC1=C(O)CC(CCSc2ccc(F)c(Cl)c2)CC1=O. The lowest BCUT2D eigenvalue weighted by Crippen LogP contribution is -2.21. The second kappa shape index (κ2) is 9.25. The minimum absolute atomic E-state index is 0.0331. The zero-order chi connectivity index (χ0) is 18.4. The Bertz CT molecular complexity index is 706. The summed E-state index contributed by atoms with van der Waals surface area (Å²) >= 11 is 7.33. The van der Waals surface area contributed by atoms with E-state index in [1.54, 1.807) is 30.8 Å². The summed E-state index contributed by atoms with van der Waals surface area (Å²) in [5.41, 5.74) is 1.09. The number of Topliss-reactive ketones (excluding diaryl/α,β-unsaturated/α-hetero) is 1. The Morgan fingerprint density at radius 1 is 1.48 bits per heavy atom. The summed E-state index contributed by atoms with van der Waals surface area (Å²) in [5, 5.41) is 14.1. The van der Waals surface area contributed by atoms with Crippen LogP contribution in [0.25, 0.3) is 0 Å². The number of aliphatic hydroxyl groups excluding tert-OH is 1. The maximum atomic E-state index is 13.1. The summed E-state index contributed by atoms with van der Waals surface area (Å²) in [7, 11) is 1.45. The number of carbonyl (C=O) groups excluding carboxylic acids is 1. The zero-order valence-corrected chi connectivity index (χ0v) is 15.8. The summed E-state index contributed by atoms with van der Waals surface area (Å²) in [6, 6.07) is 4.63. The molecule has 0 radical (unpaired) electrons. The molecule has 25 heavy (non-hydrogen) atoms. The molecule has 0 aromatic heterocycles. The molecule has 0 spiro atoms. The molecule has 2 rings (SSSR count). The fourth-order valence-electron chi connectivity index (χ4n) is 2.77. The second-order valence-corrected chi connectivity index (χ2v) is 7.60. The highest BCUT2D eigenvalue weighted by molar-refractivity contribution is 7.99. The third-order valence-corrected chi connectivity index (χ3v) is 5.32. The molecule has 0 saturated carbocycles. The first-order valence-corrected chi connectivity index (χ1v) is 9.35. The van der Waals surface area contributed by atoms with Crippen LogP contribution < -0.4 is 0 Å². The van der Waals surface area contributed by atoms with E-state index in [2.05, 4.69) is 9.99 Å². The van der Waals surface area contributed by atoms with E-state index in [0.717, 1.165) is 17.1 Å². The molecule has 1 aliphatic rings. The molecule has 1 aromatic rings. The fraction of sp³-hybridized carbons (Fsp3) is 0.444. The van der Waals surface area contributed by atoms with E-state index in [1.807, 2.05) is 0 Å². The molecule has 1 N–H and O–H groups in total. The second-order valence-electron chi connectivity index (χ2n) is 6.02. The van der Waals surface area contributed by atoms with E-state index in [0.29, 0.717) is 30.5 Å². The molecule has 0 aliphatic heterocycles. The third kappa shape index (κ3) is 5.75. The number of nitrogens with zero attached hydrogens (tertiary/aromatic N) is 1. The van der Waals surface area contributed by atoms with Gasteiger partial charge in [0, 0.05) is 29.7 Å². The third-order valence-electron chi connectivity index (χ3n) is 4.01. The Morgan fingerprint density at radius 2 is 2.24 bits per heavy atom. The Hall–Kier alpha value is -1.53. The number of aliphatic hydroxyl groups is 1. The normalized spacial score (nSPS) is 18.6. The lowest BCUT2D eigenvalue weighted by atomic mass is 9.84. The Morgan fingerprint density at radius 3 is 2.88 bits per heavy atom. The van der Waals surface area contributed by atoms with Gasteiger partial charge in [0.05, 0.1) is 16.5 Å². The quantitative estimate of drug-likeness (QED) is 0.400. The molecule has 7 heteroatoms. The summed E-state index contributed by atoms with van der Waals surface area (Å²) in [5.74, 6) is 0.571. The van der Waals surface area contributed by atoms with Crippen LogP contribution in [0.1, 0.15) is 32.6 Å². The number of halogens is 2. The van der Waals surface area contributed by atoms with Crippen LogP contribution in [0, 0.1) is 11.7 Å². The summed E-state index contributed by atoms with van der Waals surface area (Å²) in [4.78, 5) is 17.9. The van der Waals surface area contributed by atoms with E-state index in [4.69, 9.17) is 11.6 Å². The number of oxime groups is 1. The number of benzene rings is 1. The Balaban J connectivity index is 1.88. The van der Waals surface area contributed by atoms with E-state index in [-0.39, 0.29) is 22.5 Å². The van der Waals surface area contributed by atoms with Crippen molar-refractivity contribution in [3.05, 3.63) is 40.4 Å². The van der Waals surface area contributed by atoms with Gasteiger partial charge in [0.25, 0.3) is 0 Å². The van der Waals surface area contributed by atoms with Gasteiger partial charge < -0.3 is 9.94 Å². The van der Waals surface area contributed by atoms with Crippen LogP contribution in [-0.2, 0) is 9.63 Å². The first kappa shape index (κ1) is 19.8. The topological polar surface area (TPSA) is 58.9 Å². The Kier molecular flexibility index (Phi) is 7.32. The fourth-order valence-corrected chi connectivity index (χ4v) is 4.07. The van der Waals surface area contributed by atoms with Crippen molar-refractivity contribution in [1.82, 2.24) is 0 Å². The van der Waals surface area contributed by atoms with Crippen molar-refractivity contribution in [3.8, 4) is 0 Å². The molecular formula is C18H21ClFNO3S. The predicted molar refractivity (Wildman–Crippen MR) is 98.9 cm³/mol. The number of carbonyl (C=O) groups is 1. The molecule has 0 bridgehead atoms. The van der Waals surface area contributed by atoms with Crippen molar-refractivity contribution in [3.63, 3.8) is 0 Å². The molecule has 0 saturated heterocycles. The molecule has 1 atom stereocenters. The minimum atomic E-state index is -0.432. The molecule has 1 unspecified atom stereocenters. The minimum Gasteiger partial charge on any atom is -0.512 e. The summed E-state index contributed by atoms with van der Waals surface area (Å²) in [6.45, 7) is 1.76. The molecule has 0 fully saturated rings. The number of hydrogen-bond acceptors (Lipinski definition) is 5. The molecule has 1 aliphatic carbocycles. The maximum Gasteiger partial charge on any atom is 0.162 e. The molecule has 0 amide bonds. The van der Waals surface area contributed by atoms with Crippen molar-refractivity contribution < 1.29 is 19.1 Å². The van der Waals surface area contributed by atoms with Gasteiger partial charge in [0.2, 0.25) is 0 Å². The monoisotopic (exact) mass is 385 g/mol. The van der Waals surface area contributed by atoms with Crippen molar-refractivity contribution in [2.45, 2.75) is 37.5 Å². The molecular weight excluding hydrogens is 365 g/mol.